The number of benzene rings is 1. The van der Waals surface area contributed by atoms with Gasteiger partial charge in [-0.05, 0) is 17.7 Å². The molecule has 0 saturated carbocycles. The molecule has 1 aromatic carbocycles. The van der Waals surface area contributed by atoms with Crippen LogP contribution in [0, 0.1) is 0 Å². The van der Waals surface area contributed by atoms with Crippen molar-refractivity contribution < 1.29 is 22.0 Å². The van der Waals surface area contributed by atoms with Gasteiger partial charge in [0.2, 0.25) is 0 Å². The number of hydrogen-bond donors (Lipinski definition) is 1. The molecule has 0 unspecified atom stereocenters. The van der Waals surface area contributed by atoms with Crippen molar-refractivity contribution in [2.75, 3.05) is 6.54 Å². The number of hydrogen-bond acceptors (Lipinski definition) is 1. The molecule has 0 spiro atoms. The van der Waals surface area contributed by atoms with Crippen molar-refractivity contribution >= 4 is 15.9 Å². The Morgan fingerprint density at radius 3 is 2.41 bits per heavy atom. The topological polar surface area (TPSA) is 12.0 Å². The van der Waals surface area contributed by atoms with Gasteiger partial charge >= 0.3 is 6.18 Å². The van der Waals surface area contributed by atoms with Crippen LogP contribution in [0.2, 0.25) is 0 Å². The predicted octanol–water partition coefficient (Wildman–Crippen LogP) is 3.82. The lowest BCUT2D eigenvalue weighted by Gasteiger charge is -2.13. The van der Waals surface area contributed by atoms with Crippen molar-refractivity contribution in [3.63, 3.8) is 0 Å². The highest BCUT2D eigenvalue weighted by Crippen LogP contribution is 2.33. The molecule has 1 nitrogen and oxygen atoms in total. The SMILES string of the molecule is FC(F)CNCc1ccc(Br)cc1C(F)(F)F. The summed E-state index contributed by atoms with van der Waals surface area (Å²) in [5, 5.41) is 2.27. The smallest absolute Gasteiger partial charge is 0.307 e. The quantitative estimate of drug-likeness (QED) is 0.832. The van der Waals surface area contributed by atoms with Crippen molar-refractivity contribution in [1.82, 2.24) is 5.32 Å². The van der Waals surface area contributed by atoms with Gasteiger partial charge in [-0.25, -0.2) is 8.78 Å². The summed E-state index contributed by atoms with van der Waals surface area (Å²) in [6.07, 6.45) is -7.08. The van der Waals surface area contributed by atoms with E-state index in [-0.39, 0.29) is 12.1 Å². The number of nitrogens with one attached hydrogen (secondary N) is 1. The van der Waals surface area contributed by atoms with Crippen LogP contribution in [-0.2, 0) is 12.7 Å². The molecule has 0 saturated heterocycles. The van der Waals surface area contributed by atoms with Gasteiger partial charge in [0.15, 0.2) is 0 Å². The standard InChI is InChI=1S/C10H9BrF5N/c11-7-2-1-6(4-17-5-9(12)13)8(3-7)10(14,15)16/h1-3,9,17H,4-5H2. The van der Waals surface area contributed by atoms with E-state index in [1.807, 2.05) is 0 Å². The maximum atomic E-state index is 12.6. The van der Waals surface area contributed by atoms with Crippen LogP contribution in [-0.4, -0.2) is 13.0 Å². The first kappa shape index (κ1) is 14.4. The fourth-order valence-electron chi connectivity index (χ4n) is 1.28. The van der Waals surface area contributed by atoms with Crippen molar-refractivity contribution in [2.24, 2.45) is 0 Å². The van der Waals surface area contributed by atoms with E-state index in [1.165, 1.54) is 12.1 Å². The summed E-state index contributed by atoms with van der Waals surface area (Å²) in [5.74, 6) is 0. The van der Waals surface area contributed by atoms with Crippen molar-refractivity contribution in [3.05, 3.63) is 33.8 Å². The van der Waals surface area contributed by atoms with Crippen LogP contribution in [0.25, 0.3) is 0 Å². The summed E-state index contributed by atoms with van der Waals surface area (Å²) in [4.78, 5) is 0. The first-order valence-corrected chi connectivity index (χ1v) is 5.44. The highest BCUT2D eigenvalue weighted by atomic mass is 79.9. The Hall–Kier alpha value is -0.690. The summed E-state index contributed by atoms with van der Waals surface area (Å²) in [5.41, 5.74) is -0.880. The molecule has 1 aromatic rings. The lowest BCUT2D eigenvalue weighted by atomic mass is 10.1. The van der Waals surface area contributed by atoms with Gasteiger partial charge < -0.3 is 5.32 Å². The minimum Gasteiger partial charge on any atom is -0.307 e. The van der Waals surface area contributed by atoms with E-state index in [0.29, 0.717) is 4.47 Å². The van der Waals surface area contributed by atoms with Crippen LogP contribution in [0.3, 0.4) is 0 Å². The predicted molar refractivity (Wildman–Crippen MR) is 56.9 cm³/mol. The van der Waals surface area contributed by atoms with E-state index >= 15 is 0 Å². The second-order valence-corrected chi connectivity index (χ2v) is 4.24. The molecule has 0 fully saturated rings. The summed E-state index contributed by atoms with van der Waals surface area (Å²) < 4.78 is 61.8. The zero-order valence-corrected chi connectivity index (χ0v) is 10.1. The first-order chi connectivity index (χ1) is 7.80. The molecular formula is C10H9BrF5N. The van der Waals surface area contributed by atoms with Crippen molar-refractivity contribution in [1.29, 1.82) is 0 Å². The molecule has 96 valence electrons. The van der Waals surface area contributed by atoms with Crippen LogP contribution in [0.15, 0.2) is 22.7 Å². The summed E-state index contributed by atoms with van der Waals surface area (Å²) in [6.45, 7) is -0.875. The monoisotopic (exact) mass is 317 g/mol. The fourth-order valence-corrected chi connectivity index (χ4v) is 1.64. The first-order valence-electron chi connectivity index (χ1n) is 4.65. The summed E-state index contributed by atoms with van der Waals surface area (Å²) in [7, 11) is 0. The van der Waals surface area contributed by atoms with Gasteiger partial charge in [-0.1, -0.05) is 22.0 Å². The Balaban J connectivity index is 2.84. The number of halogens is 6. The summed E-state index contributed by atoms with van der Waals surface area (Å²) in [6, 6.07) is 3.62. The molecule has 7 heteroatoms. The Labute approximate surface area is 103 Å². The highest BCUT2D eigenvalue weighted by molar-refractivity contribution is 9.10. The Bertz CT molecular complexity index is 377. The lowest BCUT2D eigenvalue weighted by molar-refractivity contribution is -0.138. The van der Waals surface area contributed by atoms with E-state index in [1.54, 1.807) is 0 Å². The van der Waals surface area contributed by atoms with Gasteiger partial charge in [0.1, 0.15) is 0 Å². The molecule has 0 aliphatic heterocycles. The fraction of sp³-hybridized carbons (Fsp3) is 0.400. The van der Waals surface area contributed by atoms with Gasteiger partial charge in [0, 0.05) is 11.0 Å². The lowest BCUT2D eigenvalue weighted by Crippen LogP contribution is -2.22. The third-order valence-corrected chi connectivity index (χ3v) is 2.48. The zero-order valence-electron chi connectivity index (χ0n) is 8.49. The number of rotatable bonds is 4. The van der Waals surface area contributed by atoms with Crippen LogP contribution in [0.4, 0.5) is 22.0 Å². The van der Waals surface area contributed by atoms with Gasteiger partial charge in [0.25, 0.3) is 6.43 Å². The Morgan fingerprint density at radius 1 is 1.24 bits per heavy atom. The van der Waals surface area contributed by atoms with Crippen LogP contribution < -0.4 is 5.32 Å². The molecule has 0 aliphatic carbocycles. The molecular weight excluding hydrogens is 309 g/mol. The van der Waals surface area contributed by atoms with E-state index < -0.39 is 24.7 Å². The molecule has 0 atom stereocenters. The largest absolute Gasteiger partial charge is 0.416 e. The van der Waals surface area contributed by atoms with Crippen LogP contribution >= 0.6 is 15.9 Å². The van der Waals surface area contributed by atoms with E-state index in [0.717, 1.165) is 6.07 Å². The molecule has 1 rings (SSSR count). The average Bonchev–Trinajstić information content (AvgIpc) is 2.18. The van der Waals surface area contributed by atoms with Gasteiger partial charge in [0.05, 0.1) is 12.1 Å². The second kappa shape index (κ2) is 5.77. The van der Waals surface area contributed by atoms with E-state index in [9.17, 15) is 22.0 Å². The molecule has 0 aromatic heterocycles. The van der Waals surface area contributed by atoms with E-state index in [2.05, 4.69) is 21.2 Å². The minimum absolute atomic E-state index is 0.0543. The van der Waals surface area contributed by atoms with Crippen LogP contribution in [0.5, 0.6) is 0 Å². The molecule has 0 bridgehead atoms. The molecule has 1 N–H and O–H groups in total. The average molecular weight is 318 g/mol. The number of alkyl halides is 5. The maximum Gasteiger partial charge on any atom is 0.416 e. The van der Waals surface area contributed by atoms with Crippen LogP contribution in [0.1, 0.15) is 11.1 Å². The van der Waals surface area contributed by atoms with Gasteiger partial charge in [-0.2, -0.15) is 13.2 Å². The normalized spacial score (nSPS) is 12.2. The third-order valence-electron chi connectivity index (χ3n) is 1.99. The maximum absolute atomic E-state index is 12.6. The van der Waals surface area contributed by atoms with E-state index in [4.69, 9.17) is 0 Å². The second-order valence-electron chi connectivity index (χ2n) is 3.32. The Kier molecular flexibility index (Phi) is 4.88. The van der Waals surface area contributed by atoms with Gasteiger partial charge in [-0.15, -0.1) is 0 Å². The minimum atomic E-state index is -4.49. The molecule has 0 amide bonds. The third kappa shape index (κ3) is 4.59. The molecule has 17 heavy (non-hydrogen) atoms. The molecule has 0 radical (unpaired) electrons. The zero-order chi connectivity index (χ0) is 13.1. The van der Waals surface area contributed by atoms with Crippen molar-refractivity contribution in [3.8, 4) is 0 Å². The summed E-state index contributed by atoms with van der Waals surface area (Å²) >= 11 is 2.94. The van der Waals surface area contributed by atoms with Crippen molar-refractivity contribution in [2.45, 2.75) is 19.1 Å². The van der Waals surface area contributed by atoms with Gasteiger partial charge in [-0.3, -0.25) is 0 Å². The Morgan fingerprint density at radius 2 is 1.88 bits per heavy atom. The highest BCUT2D eigenvalue weighted by Gasteiger charge is 2.33. The molecule has 0 heterocycles. The molecule has 0 aliphatic rings.